The molecule has 2 saturated heterocycles. The van der Waals surface area contributed by atoms with Crippen LogP contribution in [0.2, 0.25) is 0 Å². The zero-order valence-corrected chi connectivity index (χ0v) is 14.3. The molecule has 3 unspecified atom stereocenters. The number of amides is 1. The minimum Gasteiger partial charge on any atom is -0.396 e. The normalized spacial score (nSPS) is 32.8. The van der Waals surface area contributed by atoms with E-state index in [1.807, 2.05) is 24.0 Å². The molecule has 5 rings (SSSR count). The van der Waals surface area contributed by atoms with Crippen LogP contribution in [0.25, 0.3) is 10.9 Å². The highest BCUT2D eigenvalue weighted by Gasteiger charge is 2.58. The zero-order chi connectivity index (χ0) is 17.2. The van der Waals surface area contributed by atoms with Crippen LogP contribution in [-0.4, -0.2) is 40.7 Å². The van der Waals surface area contributed by atoms with Crippen LogP contribution in [0.1, 0.15) is 24.6 Å². The molecule has 2 aromatic rings. The molecule has 0 aliphatic carbocycles. The number of hydrogen-bond acceptors (Lipinski definition) is 3. The molecule has 3 aliphatic rings. The second-order valence-electron chi connectivity index (χ2n) is 7.30. The molecule has 4 heterocycles. The molecule has 0 saturated carbocycles. The number of para-hydroxylation sites is 1. The summed E-state index contributed by atoms with van der Waals surface area (Å²) in [4.78, 5) is 18.5. The summed E-state index contributed by atoms with van der Waals surface area (Å²) in [5.41, 5.74) is 3.81. The smallest absolute Gasteiger partial charge is 0.231 e. The Morgan fingerprint density at radius 1 is 1.44 bits per heavy atom. The molecular weight excluding hydrogens is 316 g/mol. The first-order chi connectivity index (χ1) is 12.2. The highest BCUT2D eigenvalue weighted by molar-refractivity contribution is 5.87. The van der Waals surface area contributed by atoms with Gasteiger partial charge in [0.1, 0.15) is 0 Å². The fraction of sp³-hybridized carbons (Fsp3) is 0.450. The lowest BCUT2D eigenvalue weighted by Crippen LogP contribution is -2.65. The molecule has 1 amide bonds. The average Bonchev–Trinajstić information content (AvgIpc) is 3.02. The van der Waals surface area contributed by atoms with E-state index in [-0.39, 0.29) is 24.3 Å². The van der Waals surface area contributed by atoms with Gasteiger partial charge in [0.25, 0.3) is 0 Å². The largest absolute Gasteiger partial charge is 0.396 e. The van der Waals surface area contributed by atoms with E-state index < -0.39 is 5.72 Å². The third kappa shape index (κ3) is 1.82. The number of ether oxygens (including phenoxy) is 1. The number of piperidine rings is 1. The molecular formula is C20H22N2O3. The van der Waals surface area contributed by atoms with Gasteiger partial charge in [0.05, 0.1) is 24.8 Å². The van der Waals surface area contributed by atoms with E-state index in [0.717, 1.165) is 23.2 Å². The summed E-state index contributed by atoms with van der Waals surface area (Å²) < 4.78 is 6.39. The van der Waals surface area contributed by atoms with Crippen LogP contribution in [0, 0.1) is 11.8 Å². The van der Waals surface area contributed by atoms with Crippen LogP contribution >= 0.6 is 0 Å². The van der Waals surface area contributed by atoms with Crippen molar-refractivity contribution in [3.05, 3.63) is 47.2 Å². The van der Waals surface area contributed by atoms with Crippen LogP contribution in [0.4, 0.5) is 0 Å². The van der Waals surface area contributed by atoms with Gasteiger partial charge in [0, 0.05) is 29.8 Å². The number of aliphatic hydroxyl groups is 1. The highest BCUT2D eigenvalue weighted by atomic mass is 16.5. The molecule has 1 aromatic heterocycles. The van der Waals surface area contributed by atoms with Crippen LogP contribution < -0.4 is 0 Å². The van der Waals surface area contributed by atoms with Crippen molar-refractivity contribution in [1.29, 1.82) is 0 Å². The van der Waals surface area contributed by atoms with Crippen molar-refractivity contribution in [2.75, 3.05) is 19.8 Å². The fourth-order valence-electron chi connectivity index (χ4n) is 5.06. The molecule has 2 bridgehead atoms. The monoisotopic (exact) mass is 338 g/mol. The van der Waals surface area contributed by atoms with Gasteiger partial charge in [0.15, 0.2) is 5.72 Å². The standard InChI is InChI=1S/C20H22N2O3/c1-2-12-11-25-20-9-15(12)16(10-23)19(24)22(20)8-7-14-13-5-3-4-6-17(13)21-18(14)20/h2-6,15-16,21,23H,7-11H2,1H3. The Bertz CT molecular complexity index is 899. The molecule has 5 heteroatoms. The van der Waals surface area contributed by atoms with Crippen molar-refractivity contribution in [3.63, 3.8) is 0 Å². The highest BCUT2D eigenvalue weighted by Crippen LogP contribution is 2.52. The van der Waals surface area contributed by atoms with E-state index in [2.05, 4.69) is 23.2 Å². The predicted octanol–water partition coefficient (Wildman–Crippen LogP) is 2.31. The van der Waals surface area contributed by atoms with Crippen molar-refractivity contribution in [1.82, 2.24) is 9.88 Å². The number of aromatic nitrogens is 1. The van der Waals surface area contributed by atoms with Gasteiger partial charge in [-0.25, -0.2) is 0 Å². The third-order valence-corrected chi connectivity index (χ3v) is 6.31. The van der Waals surface area contributed by atoms with Crippen LogP contribution in [-0.2, 0) is 21.7 Å². The third-order valence-electron chi connectivity index (χ3n) is 6.31. The second-order valence-corrected chi connectivity index (χ2v) is 7.30. The number of allylic oxidation sites excluding steroid dienone is 1. The number of aliphatic hydroxyl groups excluding tert-OH is 1. The zero-order valence-electron chi connectivity index (χ0n) is 14.3. The van der Waals surface area contributed by atoms with Gasteiger partial charge in [-0.15, -0.1) is 0 Å². The summed E-state index contributed by atoms with van der Waals surface area (Å²) in [6.45, 7) is 3.03. The molecule has 25 heavy (non-hydrogen) atoms. The number of benzene rings is 1. The maximum Gasteiger partial charge on any atom is 0.231 e. The van der Waals surface area contributed by atoms with E-state index in [1.165, 1.54) is 10.9 Å². The van der Waals surface area contributed by atoms with Crippen LogP contribution in [0.5, 0.6) is 0 Å². The number of nitrogens with zero attached hydrogens (tertiary/aromatic N) is 1. The van der Waals surface area contributed by atoms with Crippen molar-refractivity contribution in [3.8, 4) is 0 Å². The summed E-state index contributed by atoms with van der Waals surface area (Å²) >= 11 is 0. The van der Waals surface area contributed by atoms with Gasteiger partial charge in [0.2, 0.25) is 5.91 Å². The summed E-state index contributed by atoms with van der Waals surface area (Å²) in [6.07, 6.45) is 3.57. The van der Waals surface area contributed by atoms with Gasteiger partial charge in [-0.3, -0.25) is 4.79 Å². The molecule has 2 N–H and O–H groups in total. The van der Waals surface area contributed by atoms with Gasteiger partial charge >= 0.3 is 0 Å². The summed E-state index contributed by atoms with van der Waals surface area (Å²) in [7, 11) is 0. The minimum absolute atomic E-state index is 0.0158. The van der Waals surface area contributed by atoms with Gasteiger partial charge in [-0.1, -0.05) is 24.3 Å². The van der Waals surface area contributed by atoms with Gasteiger partial charge in [-0.05, 0) is 30.5 Å². The number of fused-ring (bicyclic) bond motifs is 4. The average molecular weight is 338 g/mol. The van der Waals surface area contributed by atoms with Crippen LogP contribution in [0.3, 0.4) is 0 Å². The Labute approximate surface area is 146 Å². The minimum atomic E-state index is -0.716. The Hall–Kier alpha value is -2.11. The fourth-order valence-corrected chi connectivity index (χ4v) is 5.06. The van der Waals surface area contributed by atoms with E-state index in [1.54, 1.807) is 0 Å². The first-order valence-electron chi connectivity index (χ1n) is 9.01. The van der Waals surface area contributed by atoms with E-state index in [9.17, 15) is 9.90 Å². The Morgan fingerprint density at radius 2 is 2.28 bits per heavy atom. The molecule has 0 radical (unpaired) electrons. The summed E-state index contributed by atoms with van der Waals surface area (Å²) in [6, 6.07) is 8.29. The quantitative estimate of drug-likeness (QED) is 0.784. The first kappa shape index (κ1) is 15.2. The molecule has 5 nitrogen and oxygen atoms in total. The summed E-state index contributed by atoms with van der Waals surface area (Å²) in [5.74, 6) is -0.291. The maximum atomic E-state index is 13.1. The van der Waals surface area contributed by atoms with Gasteiger partial charge < -0.3 is 19.7 Å². The first-order valence-corrected chi connectivity index (χ1v) is 9.01. The van der Waals surface area contributed by atoms with Crippen LogP contribution in [0.15, 0.2) is 35.9 Å². The number of hydrogen-bond donors (Lipinski definition) is 2. The van der Waals surface area contributed by atoms with Gasteiger partial charge in [-0.2, -0.15) is 0 Å². The number of rotatable bonds is 1. The molecule has 130 valence electrons. The second kappa shape index (κ2) is 5.19. The molecule has 1 aromatic carbocycles. The van der Waals surface area contributed by atoms with E-state index in [4.69, 9.17) is 4.74 Å². The lowest BCUT2D eigenvalue weighted by atomic mass is 9.71. The molecule has 2 fully saturated rings. The number of nitrogens with one attached hydrogen (secondary N) is 1. The van der Waals surface area contributed by atoms with Crippen molar-refractivity contribution >= 4 is 16.8 Å². The number of carbonyl (C=O) groups excluding carboxylic acids is 1. The number of carbonyl (C=O) groups is 1. The van der Waals surface area contributed by atoms with E-state index >= 15 is 0 Å². The summed E-state index contributed by atoms with van der Waals surface area (Å²) in [5, 5.41) is 11.1. The topological polar surface area (TPSA) is 65.6 Å². The van der Waals surface area contributed by atoms with Crippen molar-refractivity contribution < 1.29 is 14.6 Å². The Morgan fingerprint density at radius 3 is 3.08 bits per heavy atom. The Balaban J connectivity index is 1.72. The predicted molar refractivity (Wildman–Crippen MR) is 93.8 cm³/mol. The Kier molecular flexibility index (Phi) is 3.15. The van der Waals surface area contributed by atoms with Crippen molar-refractivity contribution in [2.24, 2.45) is 11.8 Å². The van der Waals surface area contributed by atoms with E-state index in [0.29, 0.717) is 19.6 Å². The lowest BCUT2D eigenvalue weighted by molar-refractivity contribution is -0.225. The van der Waals surface area contributed by atoms with Crippen molar-refractivity contribution in [2.45, 2.75) is 25.5 Å². The molecule has 1 spiro atoms. The molecule has 3 atom stereocenters. The molecule has 3 aliphatic heterocycles. The lowest BCUT2D eigenvalue weighted by Gasteiger charge is -2.56. The number of H-pyrrole nitrogens is 1. The number of aromatic amines is 1. The maximum absolute atomic E-state index is 13.1. The SMILES string of the molecule is CC=C1COC23CC1C(CO)C(=O)N2CCc1c3[nH]c2ccccc12.